The molecule has 0 aliphatic rings. The van der Waals surface area contributed by atoms with Gasteiger partial charge in [0.1, 0.15) is 0 Å². The van der Waals surface area contributed by atoms with E-state index in [1.54, 1.807) is 6.07 Å². The van der Waals surface area contributed by atoms with Gasteiger partial charge in [0.25, 0.3) is 0 Å². The van der Waals surface area contributed by atoms with Gasteiger partial charge in [0.2, 0.25) is 11.8 Å². The number of nitrogens with zero attached hydrogens (tertiary/aromatic N) is 1. The molecule has 0 aliphatic heterocycles. The van der Waals surface area contributed by atoms with Gasteiger partial charge in [-0.05, 0) is 59.2 Å². The minimum Gasteiger partial charge on any atom is -0.366 e. The van der Waals surface area contributed by atoms with E-state index in [0.717, 1.165) is 44.2 Å². The number of aromatic nitrogens is 1. The van der Waals surface area contributed by atoms with Crippen LogP contribution in [0.1, 0.15) is 22.8 Å². The second-order valence-electron chi connectivity index (χ2n) is 8.05. The largest absolute Gasteiger partial charge is 0.366 e. The number of nitrogens with one attached hydrogen (secondary N) is 1. The highest BCUT2D eigenvalue weighted by Gasteiger charge is 2.17. The van der Waals surface area contributed by atoms with E-state index >= 15 is 0 Å². The number of benzene rings is 4. The van der Waals surface area contributed by atoms with Crippen LogP contribution in [0.2, 0.25) is 0 Å². The van der Waals surface area contributed by atoms with Gasteiger partial charge in [-0.15, -0.1) is 0 Å². The molecule has 1 radical (unpaired) electrons. The van der Waals surface area contributed by atoms with Crippen molar-refractivity contribution in [2.75, 3.05) is 5.32 Å². The third-order valence-electron chi connectivity index (χ3n) is 5.76. The summed E-state index contributed by atoms with van der Waals surface area (Å²) in [6.45, 7) is 2.05. The average molecular weight is 433 g/mol. The maximum atomic E-state index is 12.2. The van der Waals surface area contributed by atoms with Crippen molar-refractivity contribution in [3.8, 4) is 11.1 Å². The Hall–Kier alpha value is -4.38. The van der Waals surface area contributed by atoms with E-state index in [1.165, 1.54) is 6.92 Å². The molecule has 0 aliphatic carbocycles. The summed E-state index contributed by atoms with van der Waals surface area (Å²) in [7, 11) is 0. The first-order valence-corrected chi connectivity index (χ1v) is 10.7. The highest BCUT2D eigenvalue weighted by Crippen LogP contribution is 2.34. The van der Waals surface area contributed by atoms with Crippen molar-refractivity contribution in [3.05, 3.63) is 102 Å². The van der Waals surface area contributed by atoms with E-state index in [9.17, 15) is 9.59 Å². The highest BCUT2D eigenvalue weighted by molar-refractivity contribution is 6.18. The van der Waals surface area contributed by atoms with Gasteiger partial charge in [-0.1, -0.05) is 48.5 Å². The zero-order valence-electron chi connectivity index (χ0n) is 18.1. The molecule has 0 saturated heterocycles. The van der Waals surface area contributed by atoms with Crippen molar-refractivity contribution in [1.82, 2.24) is 4.57 Å². The van der Waals surface area contributed by atoms with Gasteiger partial charge in [-0.3, -0.25) is 9.59 Å². The Bertz CT molecular complexity index is 1520. The number of anilines is 1. The van der Waals surface area contributed by atoms with Crippen molar-refractivity contribution in [3.63, 3.8) is 0 Å². The van der Waals surface area contributed by atoms with E-state index in [4.69, 9.17) is 5.73 Å². The molecular formula is C28H22N3O2. The van der Waals surface area contributed by atoms with Crippen LogP contribution in [0.15, 0.2) is 84.9 Å². The Labute approximate surface area is 191 Å². The van der Waals surface area contributed by atoms with E-state index in [-0.39, 0.29) is 5.91 Å². The summed E-state index contributed by atoms with van der Waals surface area (Å²) in [5.41, 5.74) is 12.0. The zero-order chi connectivity index (χ0) is 22.9. The maximum Gasteiger partial charge on any atom is 0.249 e. The van der Waals surface area contributed by atoms with Crippen LogP contribution in [0.5, 0.6) is 0 Å². The van der Waals surface area contributed by atoms with Crippen molar-refractivity contribution in [2.45, 2.75) is 13.5 Å². The Balaban J connectivity index is 1.74. The molecule has 5 heteroatoms. The first kappa shape index (κ1) is 20.5. The van der Waals surface area contributed by atoms with Crippen LogP contribution < -0.4 is 11.1 Å². The molecule has 0 bridgehead atoms. The average Bonchev–Trinajstić information content (AvgIpc) is 3.12. The molecule has 5 rings (SSSR count). The van der Waals surface area contributed by atoms with Crippen molar-refractivity contribution < 1.29 is 9.59 Å². The number of carbonyl (C=O) groups excluding carboxylic acids is 2. The van der Waals surface area contributed by atoms with Gasteiger partial charge in [0.15, 0.2) is 0 Å². The second-order valence-corrected chi connectivity index (χ2v) is 8.05. The van der Waals surface area contributed by atoms with Crippen LogP contribution in [0.25, 0.3) is 32.9 Å². The third kappa shape index (κ3) is 3.85. The number of carbonyl (C=O) groups is 2. The summed E-state index contributed by atoms with van der Waals surface area (Å²) in [4.78, 5) is 23.7. The molecule has 0 fully saturated rings. The first-order chi connectivity index (χ1) is 16.0. The highest BCUT2D eigenvalue weighted by atomic mass is 16.1. The zero-order valence-corrected chi connectivity index (χ0v) is 18.1. The molecular weight excluding hydrogens is 410 g/mol. The number of rotatable bonds is 5. The molecule has 3 N–H and O–H groups in total. The fourth-order valence-electron chi connectivity index (χ4n) is 4.36. The predicted molar refractivity (Wildman–Crippen MR) is 132 cm³/mol. The van der Waals surface area contributed by atoms with Gasteiger partial charge in [0, 0.05) is 35.5 Å². The number of fused-ring (bicyclic) bond motifs is 3. The number of hydrogen-bond donors (Lipinski definition) is 2. The minimum atomic E-state index is -0.465. The molecule has 2 amide bonds. The number of primary amides is 1. The predicted octanol–water partition coefficient (Wildman–Crippen LogP) is 5.37. The van der Waals surface area contributed by atoms with Gasteiger partial charge in [-0.25, -0.2) is 0 Å². The van der Waals surface area contributed by atoms with Crippen LogP contribution in [-0.2, 0) is 11.3 Å². The summed E-state index contributed by atoms with van der Waals surface area (Å²) >= 11 is 0. The smallest absolute Gasteiger partial charge is 0.249 e. The standard InChI is InChI=1S/C28H22N3O2/c1-18(32)30-22-10-5-7-19(15-22)17-31-25-12-6-11-24(28(29)33)27(25)23-14-13-21(16-26(23)31)20-8-3-2-4-9-20/h2-13,15-16H,17H2,1H3,(H2,29,33)(H,30,32). The van der Waals surface area contributed by atoms with E-state index in [0.29, 0.717) is 12.1 Å². The minimum absolute atomic E-state index is 0.114. The van der Waals surface area contributed by atoms with Crippen LogP contribution in [0.4, 0.5) is 5.69 Å². The van der Waals surface area contributed by atoms with E-state index in [1.807, 2.05) is 60.7 Å². The number of hydrogen-bond acceptors (Lipinski definition) is 2. The Morgan fingerprint density at radius 1 is 0.909 bits per heavy atom. The summed E-state index contributed by atoms with van der Waals surface area (Å²) < 4.78 is 2.17. The monoisotopic (exact) mass is 432 g/mol. The molecule has 0 atom stereocenters. The van der Waals surface area contributed by atoms with E-state index in [2.05, 4.69) is 34.1 Å². The lowest BCUT2D eigenvalue weighted by Crippen LogP contribution is -2.11. The van der Waals surface area contributed by atoms with Crippen LogP contribution in [0.3, 0.4) is 0 Å². The molecule has 33 heavy (non-hydrogen) atoms. The molecule has 0 saturated carbocycles. The Morgan fingerprint density at radius 3 is 2.45 bits per heavy atom. The SMILES string of the molecule is CC(=O)Nc1cccc(Cn2c3cc(-c4ccccc4)c[c]c3c3c(C(N)=O)cccc32)c1. The Morgan fingerprint density at radius 2 is 1.70 bits per heavy atom. The fourth-order valence-corrected chi connectivity index (χ4v) is 4.36. The summed E-state index contributed by atoms with van der Waals surface area (Å²) in [5, 5.41) is 4.50. The van der Waals surface area contributed by atoms with Crippen molar-refractivity contribution in [1.29, 1.82) is 0 Å². The maximum absolute atomic E-state index is 12.2. The molecule has 1 aromatic heterocycles. The molecule has 161 valence electrons. The molecule has 4 aromatic carbocycles. The topological polar surface area (TPSA) is 77.1 Å². The molecule has 1 heterocycles. The number of amides is 2. The summed E-state index contributed by atoms with van der Waals surface area (Å²) in [6.07, 6.45) is 0. The van der Waals surface area contributed by atoms with Gasteiger partial charge in [-0.2, -0.15) is 0 Å². The lowest BCUT2D eigenvalue weighted by molar-refractivity contribution is -0.114. The molecule has 5 aromatic rings. The van der Waals surface area contributed by atoms with Gasteiger partial charge >= 0.3 is 0 Å². The first-order valence-electron chi connectivity index (χ1n) is 10.7. The van der Waals surface area contributed by atoms with Gasteiger partial charge < -0.3 is 15.6 Å². The molecule has 0 unspecified atom stereocenters. The van der Waals surface area contributed by atoms with Crippen molar-refractivity contribution in [2.24, 2.45) is 5.73 Å². The lowest BCUT2D eigenvalue weighted by atomic mass is 10.0. The second kappa shape index (κ2) is 8.28. The quantitative estimate of drug-likeness (QED) is 0.392. The Kier molecular flexibility index (Phi) is 5.15. The third-order valence-corrected chi connectivity index (χ3v) is 5.76. The van der Waals surface area contributed by atoms with Gasteiger partial charge in [0.05, 0.1) is 11.0 Å². The van der Waals surface area contributed by atoms with E-state index < -0.39 is 5.91 Å². The molecule has 0 spiro atoms. The normalized spacial score (nSPS) is 11.1. The lowest BCUT2D eigenvalue weighted by Gasteiger charge is -2.11. The van der Waals surface area contributed by atoms with Crippen LogP contribution in [0, 0.1) is 6.07 Å². The van der Waals surface area contributed by atoms with Crippen molar-refractivity contribution >= 4 is 39.3 Å². The number of nitrogens with two attached hydrogens (primary N) is 1. The summed E-state index contributed by atoms with van der Waals surface area (Å²) in [6, 6.07) is 31.0. The van der Waals surface area contributed by atoms with Crippen LogP contribution in [-0.4, -0.2) is 16.4 Å². The molecule has 5 nitrogen and oxygen atoms in total. The fraction of sp³-hybridized carbons (Fsp3) is 0.0714. The summed E-state index contributed by atoms with van der Waals surface area (Å²) in [5.74, 6) is -0.579. The van der Waals surface area contributed by atoms with Crippen LogP contribution >= 0.6 is 0 Å².